The molecule has 0 aromatic heterocycles. The molecule has 2 heteroatoms. The van der Waals surface area contributed by atoms with E-state index in [1.165, 1.54) is 12.8 Å². The summed E-state index contributed by atoms with van der Waals surface area (Å²) in [5.41, 5.74) is 0. The maximum absolute atomic E-state index is 11.0. The van der Waals surface area contributed by atoms with Crippen molar-refractivity contribution in [2.45, 2.75) is 32.1 Å². The summed E-state index contributed by atoms with van der Waals surface area (Å²) in [6, 6.07) is 0. The van der Waals surface area contributed by atoms with Gasteiger partial charge in [-0.2, -0.15) is 0 Å². The van der Waals surface area contributed by atoms with Crippen LogP contribution in [-0.4, -0.2) is 11.1 Å². The summed E-state index contributed by atoms with van der Waals surface area (Å²) >= 11 is 0. The van der Waals surface area contributed by atoms with E-state index in [4.69, 9.17) is 5.11 Å². The number of fused-ring (bicyclic) bond motifs is 1. The van der Waals surface area contributed by atoms with Crippen LogP contribution in [0, 0.1) is 17.8 Å². The van der Waals surface area contributed by atoms with Gasteiger partial charge in [0.1, 0.15) is 0 Å². The van der Waals surface area contributed by atoms with Gasteiger partial charge in [-0.1, -0.05) is 18.6 Å². The molecule has 0 heterocycles. The van der Waals surface area contributed by atoms with E-state index in [0.29, 0.717) is 11.8 Å². The third-order valence-corrected chi connectivity index (χ3v) is 3.49. The fourth-order valence-corrected chi connectivity index (χ4v) is 2.82. The number of aliphatic carboxylic acids is 1. The SMILES string of the molecule is O=C(O)[C@@H]1CCC=C[C@@H]2CCC[C@H]21. The molecule has 2 aliphatic rings. The predicted octanol–water partition coefficient (Wildman–Crippen LogP) is 2.45. The molecule has 0 saturated heterocycles. The molecule has 0 unspecified atom stereocenters. The summed E-state index contributed by atoms with van der Waals surface area (Å²) < 4.78 is 0. The highest BCUT2D eigenvalue weighted by Gasteiger charge is 2.36. The fraction of sp³-hybridized carbons (Fsp3) is 0.727. The van der Waals surface area contributed by atoms with Crippen molar-refractivity contribution in [3.8, 4) is 0 Å². The zero-order valence-electron chi connectivity index (χ0n) is 7.78. The van der Waals surface area contributed by atoms with Gasteiger partial charge >= 0.3 is 5.97 Å². The molecule has 13 heavy (non-hydrogen) atoms. The minimum atomic E-state index is -0.583. The second-order valence-electron chi connectivity index (χ2n) is 4.21. The average molecular weight is 180 g/mol. The van der Waals surface area contributed by atoms with Crippen molar-refractivity contribution >= 4 is 5.97 Å². The molecule has 2 aliphatic carbocycles. The average Bonchev–Trinajstić information content (AvgIpc) is 2.44. The molecule has 0 aromatic rings. The number of allylic oxidation sites excluding steroid dienone is 2. The Kier molecular flexibility index (Phi) is 2.38. The zero-order chi connectivity index (χ0) is 9.26. The number of rotatable bonds is 1. The Balaban J connectivity index is 2.16. The van der Waals surface area contributed by atoms with Crippen molar-refractivity contribution in [3.63, 3.8) is 0 Å². The molecule has 0 radical (unpaired) electrons. The summed E-state index contributed by atoms with van der Waals surface area (Å²) in [6.07, 6.45) is 9.74. The van der Waals surface area contributed by atoms with Crippen LogP contribution < -0.4 is 0 Å². The lowest BCUT2D eigenvalue weighted by molar-refractivity contribution is -0.144. The van der Waals surface area contributed by atoms with Crippen LogP contribution in [-0.2, 0) is 4.79 Å². The van der Waals surface area contributed by atoms with Crippen molar-refractivity contribution in [2.75, 3.05) is 0 Å². The van der Waals surface area contributed by atoms with Crippen LogP contribution in [0.3, 0.4) is 0 Å². The van der Waals surface area contributed by atoms with Gasteiger partial charge in [0.25, 0.3) is 0 Å². The maximum atomic E-state index is 11.0. The molecule has 2 rings (SSSR count). The summed E-state index contributed by atoms with van der Waals surface area (Å²) in [7, 11) is 0. The van der Waals surface area contributed by atoms with E-state index in [9.17, 15) is 4.79 Å². The van der Waals surface area contributed by atoms with E-state index >= 15 is 0 Å². The molecule has 0 amide bonds. The fourth-order valence-electron chi connectivity index (χ4n) is 2.82. The van der Waals surface area contributed by atoms with E-state index in [-0.39, 0.29) is 5.92 Å². The number of carboxylic acids is 1. The molecule has 2 nitrogen and oxygen atoms in total. The Morgan fingerprint density at radius 2 is 2.15 bits per heavy atom. The molecular weight excluding hydrogens is 164 g/mol. The Morgan fingerprint density at radius 1 is 1.31 bits per heavy atom. The molecule has 0 aromatic carbocycles. The second kappa shape index (κ2) is 3.52. The molecule has 0 aliphatic heterocycles. The van der Waals surface area contributed by atoms with Gasteiger partial charge in [-0.25, -0.2) is 0 Å². The lowest BCUT2D eigenvalue weighted by atomic mass is 9.83. The Morgan fingerprint density at radius 3 is 2.92 bits per heavy atom. The highest BCUT2D eigenvalue weighted by atomic mass is 16.4. The van der Waals surface area contributed by atoms with Gasteiger partial charge < -0.3 is 5.11 Å². The molecule has 1 fully saturated rings. The molecular formula is C11H16O2. The Labute approximate surface area is 78.6 Å². The van der Waals surface area contributed by atoms with E-state index in [0.717, 1.165) is 19.3 Å². The summed E-state index contributed by atoms with van der Waals surface area (Å²) in [5.74, 6) is 0.322. The first-order chi connectivity index (χ1) is 6.29. The van der Waals surface area contributed by atoms with Crippen LogP contribution in [0.1, 0.15) is 32.1 Å². The van der Waals surface area contributed by atoms with E-state index < -0.39 is 5.97 Å². The van der Waals surface area contributed by atoms with Crippen LogP contribution in [0.15, 0.2) is 12.2 Å². The molecule has 1 saturated carbocycles. The van der Waals surface area contributed by atoms with Crippen LogP contribution in [0.4, 0.5) is 0 Å². The first kappa shape index (κ1) is 8.79. The zero-order valence-corrected chi connectivity index (χ0v) is 7.78. The smallest absolute Gasteiger partial charge is 0.306 e. The quantitative estimate of drug-likeness (QED) is 0.629. The summed E-state index contributed by atoms with van der Waals surface area (Å²) in [6.45, 7) is 0. The van der Waals surface area contributed by atoms with E-state index in [1.807, 2.05) is 0 Å². The largest absolute Gasteiger partial charge is 0.481 e. The normalized spacial score (nSPS) is 38.3. The van der Waals surface area contributed by atoms with Gasteiger partial charge in [0.05, 0.1) is 5.92 Å². The second-order valence-corrected chi connectivity index (χ2v) is 4.21. The van der Waals surface area contributed by atoms with Crippen LogP contribution in [0.25, 0.3) is 0 Å². The number of carbonyl (C=O) groups is 1. The van der Waals surface area contributed by atoms with Gasteiger partial charge in [0, 0.05) is 0 Å². The number of hydrogen-bond donors (Lipinski definition) is 1. The van der Waals surface area contributed by atoms with Crippen LogP contribution in [0.2, 0.25) is 0 Å². The third kappa shape index (κ3) is 1.62. The van der Waals surface area contributed by atoms with Crippen LogP contribution in [0.5, 0.6) is 0 Å². The minimum absolute atomic E-state index is 0.0810. The lowest BCUT2D eigenvalue weighted by Gasteiger charge is -2.21. The summed E-state index contributed by atoms with van der Waals surface area (Å²) in [5, 5.41) is 9.08. The van der Waals surface area contributed by atoms with Gasteiger partial charge in [-0.05, 0) is 37.5 Å². The highest BCUT2D eigenvalue weighted by molar-refractivity contribution is 5.70. The predicted molar refractivity (Wildman–Crippen MR) is 50.3 cm³/mol. The maximum Gasteiger partial charge on any atom is 0.306 e. The van der Waals surface area contributed by atoms with E-state index in [1.54, 1.807) is 0 Å². The van der Waals surface area contributed by atoms with Crippen molar-refractivity contribution in [3.05, 3.63) is 12.2 Å². The van der Waals surface area contributed by atoms with Gasteiger partial charge in [0.15, 0.2) is 0 Å². The molecule has 0 spiro atoms. The standard InChI is InChI=1S/C11H16O2/c12-11(13)10-6-2-1-4-8-5-3-7-9(8)10/h1,4,8-10H,2-3,5-7H2,(H,12,13)/t8-,9-,10-/m1/s1. The Bertz CT molecular complexity index is 232. The van der Waals surface area contributed by atoms with Gasteiger partial charge in [0.2, 0.25) is 0 Å². The van der Waals surface area contributed by atoms with Crippen molar-refractivity contribution in [1.29, 1.82) is 0 Å². The molecule has 0 bridgehead atoms. The topological polar surface area (TPSA) is 37.3 Å². The first-order valence-electron chi connectivity index (χ1n) is 5.18. The Hall–Kier alpha value is -0.790. The van der Waals surface area contributed by atoms with Crippen molar-refractivity contribution in [2.24, 2.45) is 17.8 Å². The van der Waals surface area contributed by atoms with Crippen LogP contribution >= 0.6 is 0 Å². The summed E-state index contributed by atoms with van der Waals surface area (Å²) in [4.78, 5) is 11.0. The third-order valence-electron chi connectivity index (χ3n) is 3.49. The van der Waals surface area contributed by atoms with E-state index in [2.05, 4.69) is 12.2 Å². The van der Waals surface area contributed by atoms with Crippen molar-refractivity contribution < 1.29 is 9.90 Å². The number of carboxylic acid groups (broad SMARTS) is 1. The molecule has 1 N–H and O–H groups in total. The minimum Gasteiger partial charge on any atom is -0.481 e. The van der Waals surface area contributed by atoms with Gasteiger partial charge in [-0.15, -0.1) is 0 Å². The molecule has 72 valence electrons. The molecule has 3 atom stereocenters. The van der Waals surface area contributed by atoms with Crippen molar-refractivity contribution in [1.82, 2.24) is 0 Å². The monoisotopic (exact) mass is 180 g/mol. The lowest BCUT2D eigenvalue weighted by Crippen LogP contribution is -2.24. The number of hydrogen-bond acceptors (Lipinski definition) is 1. The van der Waals surface area contributed by atoms with Gasteiger partial charge in [-0.3, -0.25) is 4.79 Å². The first-order valence-corrected chi connectivity index (χ1v) is 5.18. The highest BCUT2D eigenvalue weighted by Crippen LogP contribution is 2.41.